The second-order valence-electron chi connectivity index (χ2n) is 8.93. The molecule has 0 saturated heterocycles. The summed E-state index contributed by atoms with van der Waals surface area (Å²) < 4.78 is 54.0. The molecule has 0 amide bonds. The molecule has 1 N–H and O–H groups in total. The van der Waals surface area contributed by atoms with Gasteiger partial charge < -0.3 is 14.6 Å². The van der Waals surface area contributed by atoms with Crippen molar-refractivity contribution in [3.8, 4) is 5.75 Å². The van der Waals surface area contributed by atoms with Crippen molar-refractivity contribution in [2.45, 2.75) is 37.6 Å². The zero-order valence-corrected chi connectivity index (χ0v) is 21.4. The van der Waals surface area contributed by atoms with Gasteiger partial charge in [0.2, 0.25) is 0 Å². The summed E-state index contributed by atoms with van der Waals surface area (Å²) in [7, 11) is 1.33. The predicted octanol–water partition coefficient (Wildman–Crippen LogP) is 6.74. The first kappa shape index (κ1) is 27.4. The molecular formula is C29H25ClF3NO4. The van der Waals surface area contributed by atoms with Gasteiger partial charge >= 0.3 is 12.1 Å². The molecule has 0 aliphatic heterocycles. The van der Waals surface area contributed by atoms with E-state index in [2.05, 4.69) is 9.72 Å². The van der Waals surface area contributed by atoms with Crippen LogP contribution in [0.4, 0.5) is 13.2 Å². The highest BCUT2D eigenvalue weighted by molar-refractivity contribution is 6.31. The molecule has 0 aliphatic rings. The maximum Gasteiger partial charge on any atom is 0.422 e. The monoisotopic (exact) mass is 543 g/mol. The molecule has 0 saturated carbocycles. The minimum atomic E-state index is -5.00. The number of methoxy groups -OCH3 is 1. The highest BCUT2D eigenvalue weighted by Gasteiger charge is 2.59. The molecule has 0 aliphatic carbocycles. The number of carbonyl (C=O) groups is 1. The maximum atomic E-state index is 14.5. The Balaban J connectivity index is 1.57. The first-order chi connectivity index (χ1) is 18.0. The van der Waals surface area contributed by atoms with Crippen molar-refractivity contribution >= 4 is 28.3 Å². The summed E-state index contributed by atoms with van der Waals surface area (Å²) in [5.41, 5.74) is -1.75. The van der Waals surface area contributed by atoms with Crippen LogP contribution in [-0.4, -0.2) is 29.3 Å². The summed E-state index contributed by atoms with van der Waals surface area (Å²) in [5.74, 6) is -1.42. The number of benzene rings is 3. The standard InChI is InChI=1S/C29H25ClF3NO4/c1-18(28(36,29(31,32)33)25-5-3-4-21-16-34-13-12-24(21)25)23-11-10-22(15-26(23)30)38-17-20-8-6-19(7-9-20)14-27(35)37-2/h3-13,15-16,18,36H,14,17H2,1-2H3. The van der Waals surface area contributed by atoms with Crippen molar-refractivity contribution in [3.05, 3.63) is 106 Å². The van der Waals surface area contributed by atoms with Crippen LogP contribution in [0.15, 0.2) is 79.1 Å². The first-order valence-electron chi connectivity index (χ1n) is 11.7. The molecule has 1 heterocycles. The molecule has 1 aromatic heterocycles. The molecule has 9 heteroatoms. The average Bonchev–Trinajstić information content (AvgIpc) is 2.91. The minimum absolute atomic E-state index is 0.0352. The van der Waals surface area contributed by atoms with Gasteiger partial charge in [-0.25, -0.2) is 0 Å². The molecule has 4 aromatic rings. The summed E-state index contributed by atoms with van der Waals surface area (Å²) in [5, 5.41) is 12.1. The van der Waals surface area contributed by atoms with E-state index in [1.807, 2.05) is 0 Å². The van der Waals surface area contributed by atoms with Gasteiger partial charge in [0.25, 0.3) is 0 Å². The van der Waals surface area contributed by atoms with E-state index in [1.165, 1.54) is 62.8 Å². The molecule has 0 radical (unpaired) electrons. The van der Waals surface area contributed by atoms with Crippen LogP contribution >= 0.6 is 11.6 Å². The topological polar surface area (TPSA) is 68.7 Å². The molecule has 0 fully saturated rings. The van der Waals surface area contributed by atoms with Crippen LogP contribution in [0.25, 0.3) is 10.8 Å². The zero-order valence-electron chi connectivity index (χ0n) is 20.6. The van der Waals surface area contributed by atoms with E-state index in [0.29, 0.717) is 11.1 Å². The fraction of sp³-hybridized carbons (Fsp3) is 0.241. The molecule has 2 unspecified atom stereocenters. The summed E-state index contributed by atoms with van der Waals surface area (Å²) in [6, 6.07) is 17.4. The Morgan fingerprint density at radius 2 is 1.76 bits per heavy atom. The van der Waals surface area contributed by atoms with Gasteiger partial charge in [-0.2, -0.15) is 13.2 Å². The first-order valence-corrected chi connectivity index (χ1v) is 12.1. The van der Waals surface area contributed by atoms with Crippen LogP contribution in [0.1, 0.15) is 35.1 Å². The van der Waals surface area contributed by atoms with Gasteiger partial charge in [0.1, 0.15) is 12.4 Å². The van der Waals surface area contributed by atoms with E-state index in [4.69, 9.17) is 16.3 Å². The number of carbonyl (C=O) groups excluding carboxylic acids is 1. The number of hydrogen-bond donors (Lipinski definition) is 1. The number of hydrogen-bond acceptors (Lipinski definition) is 5. The predicted molar refractivity (Wildman–Crippen MR) is 138 cm³/mol. The lowest BCUT2D eigenvalue weighted by Gasteiger charge is -2.37. The van der Waals surface area contributed by atoms with Crippen LogP contribution in [0.5, 0.6) is 5.75 Å². The second-order valence-corrected chi connectivity index (χ2v) is 9.34. The van der Waals surface area contributed by atoms with Crippen LogP contribution in [-0.2, 0) is 28.2 Å². The number of nitrogens with zero attached hydrogens (tertiary/aromatic N) is 1. The van der Waals surface area contributed by atoms with Gasteiger partial charge in [0.05, 0.1) is 13.5 Å². The number of alkyl halides is 3. The third kappa shape index (κ3) is 5.47. The zero-order chi connectivity index (χ0) is 27.5. The van der Waals surface area contributed by atoms with Crippen LogP contribution in [0.2, 0.25) is 5.02 Å². The maximum absolute atomic E-state index is 14.5. The number of aromatic nitrogens is 1. The molecular weight excluding hydrogens is 519 g/mol. The van der Waals surface area contributed by atoms with Crippen molar-refractivity contribution in [3.63, 3.8) is 0 Å². The Morgan fingerprint density at radius 3 is 2.42 bits per heavy atom. The number of halogens is 4. The summed E-state index contributed by atoms with van der Waals surface area (Å²) in [6.07, 6.45) is -2.00. The van der Waals surface area contributed by atoms with Crippen LogP contribution in [0.3, 0.4) is 0 Å². The largest absolute Gasteiger partial charge is 0.489 e. The molecule has 38 heavy (non-hydrogen) atoms. The molecule has 3 aromatic carbocycles. The Morgan fingerprint density at radius 1 is 1.05 bits per heavy atom. The Bertz CT molecular complexity index is 1440. The van der Waals surface area contributed by atoms with Crippen molar-refractivity contribution in [1.29, 1.82) is 0 Å². The van der Waals surface area contributed by atoms with E-state index in [9.17, 15) is 23.1 Å². The van der Waals surface area contributed by atoms with E-state index in [-0.39, 0.29) is 40.5 Å². The highest BCUT2D eigenvalue weighted by atomic mass is 35.5. The van der Waals surface area contributed by atoms with Crippen molar-refractivity contribution < 1.29 is 32.5 Å². The Labute approximate surface area is 222 Å². The molecule has 0 spiro atoms. The number of esters is 1. The number of ether oxygens (including phenoxy) is 2. The van der Waals surface area contributed by atoms with Gasteiger partial charge in [-0.05, 0) is 40.3 Å². The molecule has 198 valence electrons. The lowest BCUT2D eigenvalue weighted by atomic mass is 9.76. The fourth-order valence-corrected chi connectivity index (χ4v) is 4.75. The molecule has 2 atom stereocenters. The average molecular weight is 544 g/mol. The number of pyridine rings is 1. The smallest absolute Gasteiger partial charge is 0.422 e. The van der Waals surface area contributed by atoms with Gasteiger partial charge in [-0.15, -0.1) is 0 Å². The van der Waals surface area contributed by atoms with Gasteiger partial charge in [0, 0.05) is 34.3 Å². The molecule has 0 bridgehead atoms. The van der Waals surface area contributed by atoms with Gasteiger partial charge in [-0.3, -0.25) is 9.78 Å². The summed E-state index contributed by atoms with van der Waals surface area (Å²) in [6.45, 7) is 1.48. The highest BCUT2D eigenvalue weighted by Crippen LogP contribution is 2.51. The summed E-state index contributed by atoms with van der Waals surface area (Å²) >= 11 is 6.44. The lowest BCUT2D eigenvalue weighted by molar-refractivity contribution is -0.274. The number of rotatable bonds is 8. The van der Waals surface area contributed by atoms with E-state index >= 15 is 0 Å². The Kier molecular flexibility index (Phi) is 7.94. The Hall–Kier alpha value is -3.62. The molecule has 5 nitrogen and oxygen atoms in total. The van der Waals surface area contributed by atoms with Crippen molar-refractivity contribution in [2.24, 2.45) is 0 Å². The number of fused-ring (bicyclic) bond motifs is 1. The third-order valence-electron chi connectivity index (χ3n) is 6.59. The minimum Gasteiger partial charge on any atom is -0.489 e. The van der Waals surface area contributed by atoms with E-state index in [1.54, 1.807) is 30.3 Å². The summed E-state index contributed by atoms with van der Waals surface area (Å²) in [4.78, 5) is 15.4. The normalized spacial score (nSPS) is 14.1. The van der Waals surface area contributed by atoms with Crippen molar-refractivity contribution in [2.75, 3.05) is 7.11 Å². The van der Waals surface area contributed by atoms with Crippen LogP contribution in [0, 0.1) is 0 Å². The quantitative estimate of drug-likeness (QED) is 0.249. The van der Waals surface area contributed by atoms with Crippen molar-refractivity contribution in [1.82, 2.24) is 4.98 Å². The number of aliphatic hydroxyl groups is 1. The van der Waals surface area contributed by atoms with E-state index in [0.717, 1.165) is 11.1 Å². The lowest BCUT2D eigenvalue weighted by Crippen LogP contribution is -2.46. The van der Waals surface area contributed by atoms with Crippen LogP contribution < -0.4 is 4.74 Å². The SMILES string of the molecule is COC(=O)Cc1ccc(COc2ccc(C(C)C(O)(c3cccc4cnccc34)C(F)(F)F)c(Cl)c2)cc1. The van der Waals surface area contributed by atoms with Gasteiger partial charge in [-0.1, -0.05) is 67.1 Å². The second kappa shape index (κ2) is 11.0. The van der Waals surface area contributed by atoms with Gasteiger partial charge in [0.15, 0.2) is 5.60 Å². The molecule has 4 rings (SSSR count). The fourth-order valence-electron chi connectivity index (χ4n) is 4.42. The third-order valence-corrected chi connectivity index (χ3v) is 6.92. The van der Waals surface area contributed by atoms with E-state index < -0.39 is 17.7 Å².